The second-order valence-corrected chi connectivity index (χ2v) is 4.29. The Bertz CT molecular complexity index is 395. The Morgan fingerprint density at radius 2 is 2.28 bits per heavy atom. The molecule has 0 aromatic heterocycles. The third-order valence-corrected chi connectivity index (χ3v) is 2.85. The van der Waals surface area contributed by atoms with E-state index < -0.39 is 0 Å². The van der Waals surface area contributed by atoms with Crippen LogP contribution in [-0.4, -0.2) is 31.5 Å². The molecule has 0 spiro atoms. The summed E-state index contributed by atoms with van der Waals surface area (Å²) in [6.45, 7) is 2.73. The highest BCUT2D eigenvalue weighted by molar-refractivity contribution is 5.34. The Balaban J connectivity index is 2.67. The van der Waals surface area contributed by atoms with E-state index in [2.05, 4.69) is 11.4 Å². The summed E-state index contributed by atoms with van der Waals surface area (Å²) in [7, 11) is 1.65. The fourth-order valence-electron chi connectivity index (χ4n) is 1.90. The van der Waals surface area contributed by atoms with Gasteiger partial charge >= 0.3 is 0 Å². The van der Waals surface area contributed by atoms with Crippen LogP contribution in [0.15, 0.2) is 24.3 Å². The van der Waals surface area contributed by atoms with E-state index in [0.29, 0.717) is 18.6 Å². The van der Waals surface area contributed by atoms with Gasteiger partial charge in [-0.25, -0.2) is 0 Å². The molecule has 1 aromatic rings. The smallest absolute Gasteiger partial charge is 0.0991 e. The van der Waals surface area contributed by atoms with Crippen molar-refractivity contribution in [2.75, 3.05) is 20.3 Å². The van der Waals surface area contributed by atoms with Crippen molar-refractivity contribution in [2.45, 2.75) is 25.4 Å². The van der Waals surface area contributed by atoms with Crippen molar-refractivity contribution in [3.05, 3.63) is 35.4 Å². The minimum atomic E-state index is 0.112. The lowest BCUT2D eigenvalue weighted by Crippen LogP contribution is -2.36. The van der Waals surface area contributed by atoms with Crippen molar-refractivity contribution in [3.63, 3.8) is 0 Å². The maximum atomic E-state index is 8.99. The molecule has 1 rings (SSSR count). The van der Waals surface area contributed by atoms with Gasteiger partial charge in [0.1, 0.15) is 0 Å². The molecule has 4 nitrogen and oxygen atoms in total. The normalized spacial score (nSPS) is 13.9. The quantitative estimate of drug-likeness (QED) is 0.769. The van der Waals surface area contributed by atoms with Gasteiger partial charge in [-0.15, -0.1) is 0 Å². The molecule has 0 aliphatic heterocycles. The van der Waals surface area contributed by atoms with Crippen LogP contribution in [0.2, 0.25) is 0 Å². The van der Waals surface area contributed by atoms with E-state index >= 15 is 0 Å². The highest BCUT2D eigenvalue weighted by Gasteiger charge is 2.13. The number of nitriles is 1. The highest BCUT2D eigenvalue weighted by Crippen LogP contribution is 2.15. The molecular formula is C14H20N2O2. The minimum absolute atomic E-state index is 0.112. The summed E-state index contributed by atoms with van der Waals surface area (Å²) < 4.78 is 5.11. The number of hydrogen-bond acceptors (Lipinski definition) is 4. The van der Waals surface area contributed by atoms with Crippen LogP contribution in [0.5, 0.6) is 0 Å². The van der Waals surface area contributed by atoms with Crippen molar-refractivity contribution in [1.29, 1.82) is 5.26 Å². The molecule has 2 N–H and O–H groups in total. The summed E-state index contributed by atoms with van der Waals surface area (Å²) in [4.78, 5) is 0. The van der Waals surface area contributed by atoms with Gasteiger partial charge in [-0.2, -0.15) is 5.26 Å². The topological polar surface area (TPSA) is 65.3 Å². The number of hydrogen-bond donors (Lipinski definition) is 2. The molecule has 0 amide bonds. The fraction of sp³-hybridized carbons (Fsp3) is 0.500. The number of ether oxygens (including phenoxy) is 1. The monoisotopic (exact) mass is 248 g/mol. The Morgan fingerprint density at radius 1 is 1.50 bits per heavy atom. The van der Waals surface area contributed by atoms with Crippen LogP contribution in [-0.2, 0) is 4.74 Å². The molecule has 0 bridgehead atoms. The molecule has 0 saturated carbocycles. The van der Waals surface area contributed by atoms with Gasteiger partial charge in [-0.05, 0) is 31.0 Å². The summed E-state index contributed by atoms with van der Waals surface area (Å²) in [6.07, 6.45) is 0.649. The number of nitrogens with one attached hydrogen (secondary N) is 1. The Kier molecular flexibility index (Phi) is 6.37. The van der Waals surface area contributed by atoms with Gasteiger partial charge in [-0.1, -0.05) is 12.1 Å². The number of aliphatic hydroxyl groups is 1. The van der Waals surface area contributed by atoms with Crippen molar-refractivity contribution in [2.24, 2.45) is 0 Å². The van der Waals surface area contributed by atoms with Gasteiger partial charge in [0.15, 0.2) is 0 Å². The van der Waals surface area contributed by atoms with E-state index in [4.69, 9.17) is 15.1 Å². The molecule has 18 heavy (non-hydrogen) atoms. The molecule has 2 atom stereocenters. The molecule has 0 radical (unpaired) electrons. The molecule has 0 fully saturated rings. The minimum Gasteiger partial charge on any atom is -0.396 e. The summed E-state index contributed by atoms with van der Waals surface area (Å²) >= 11 is 0. The van der Waals surface area contributed by atoms with E-state index in [0.717, 1.165) is 5.56 Å². The van der Waals surface area contributed by atoms with Gasteiger partial charge in [0, 0.05) is 25.8 Å². The zero-order valence-corrected chi connectivity index (χ0v) is 10.9. The molecule has 4 heteroatoms. The lowest BCUT2D eigenvalue weighted by Gasteiger charge is -2.22. The second kappa shape index (κ2) is 7.83. The molecule has 0 saturated heterocycles. The second-order valence-electron chi connectivity index (χ2n) is 4.29. The molecule has 0 aliphatic rings. The summed E-state index contributed by atoms with van der Waals surface area (Å²) in [5.74, 6) is 0. The maximum Gasteiger partial charge on any atom is 0.0991 e. The van der Waals surface area contributed by atoms with Crippen LogP contribution < -0.4 is 5.32 Å². The van der Waals surface area contributed by atoms with Gasteiger partial charge < -0.3 is 15.2 Å². The molecular weight excluding hydrogens is 228 g/mol. The number of rotatable bonds is 7. The summed E-state index contributed by atoms with van der Waals surface area (Å²) in [5.41, 5.74) is 1.72. The van der Waals surface area contributed by atoms with Crippen LogP contribution in [0, 0.1) is 11.3 Å². The van der Waals surface area contributed by atoms with Crippen molar-refractivity contribution < 1.29 is 9.84 Å². The standard InChI is InChI=1S/C14H20N2O2/c1-11(16-14(6-7-17)10-18-2)13-5-3-4-12(8-13)9-15/h3-5,8,11,14,16-17H,6-7,10H2,1-2H3. The first-order valence-corrected chi connectivity index (χ1v) is 6.07. The number of nitrogens with zero attached hydrogens (tertiary/aromatic N) is 1. The highest BCUT2D eigenvalue weighted by atomic mass is 16.5. The van der Waals surface area contributed by atoms with Crippen LogP contribution in [0.25, 0.3) is 0 Å². The fourth-order valence-corrected chi connectivity index (χ4v) is 1.90. The summed E-state index contributed by atoms with van der Waals surface area (Å²) in [5, 5.41) is 21.3. The number of benzene rings is 1. The third-order valence-electron chi connectivity index (χ3n) is 2.85. The first kappa shape index (κ1) is 14.7. The summed E-state index contributed by atoms with van der Waals surface area (Å²) in [6, 6.07) is 9.89. The van der Waals surface area contributed by atoms with Crippen LogP contribution >= 0.6 is 0 Å². The molecule has 98 valence electrons. The van der Waals surface area contributed by atoms with E-state index in [1.807, 2.05) is 25.1 Å². The molecule has 0 aliphatic carbocycles. The van der Waals surface area contributed by atoms with Gasteiger partial charge in [0.05, 0.1) is 18.2 Å². The van der Waals surface area contributed by atoms with E-state index in [-0.39, 0.29) is 18.7 Å². The Labute approximate surface area is 108 Å². The molecule has 1 aromatic carbocycles. The molecule has 2 unspecified atom stereocenters. The number of aliphatic hydroxyl groups excluding tert-OH is 1. The van der Waals surface area contributed by atoms with Crippen LogP contribution in [0.3, 0.4) is 0 Å². The van der Waals surface area contributed by atoms with E-state index in [9.17, 15) is 0 Å². The van der Waals surface area contributed by atoms with Crippen LogP contribution in [0.4, 0.5) is 0 Å². The van der Waals surface area contributed by atoms with Gasteiger partial charge in [0.25, 0.3) is 0 Å². The third kappa shape index (κ3) is 4.46. The van der Waals surface area contributed by atoms with E-state index in [1.165, 1.54) is 0 Å². The average Bonchev–Trinajstić information content (AvgIpc) is 2.39. The Hall–Kier alpha value is -1.41. The lowest BCUT2D eigenvalue weighted by molar-refractivity contribution is 0.143. The average molecular weight is 248 g/mol. The maximum absolute atomic E-state index is 8.99. The zero-order valence-electron chi connectivity index (χ0n) is 10.9. The van der Waals surface area contributed by atoms with Gasteiger partial charge in [-0.3, -0.25) is 0 Å². The lowest BCUT2D eigenvalue weighted by atomic mass is 10.0. The first-order chi connectivity index (χ1) is 8.71. The zero-order chi connectivity index (χ0) is 13.4. The first-order valence-electron chi connectivity index (χ1n) is 6.07. The van der Waals surface area contributed by atoms with E-state index in [1.54, 1.807) is 13.2 Å². The number of methoxy groups -OCH3 is 1. The predicted octanol–water partition coefficient (Wildman–Crippen LogP) is 1.61. The van der Waals surface area contributed by atoms with Crippen molar-refractivity contribution in [3.8, 4) is 6.07 Å². The van der Waals surface area contributed by atoms with Crippen LogP contribution in [0.1, 0.15) is 30.5 Å². The molecule has 0 heterocycles. The Morgan fingerprint density at radius 3 is 2.89 bits per heavy atom. The van der Waals surface area contributed by atoms with Crippen molar-refractivity contribution >= 4 is 0 Å². The van der Waals surface area contributed by atoms with Gasteiger partial charge in [0.2, 0.25) is 0 Å². The SMILES string of the molecule is COCC(CCO)NC(C)c1cccc(C#N)c1. The predicted molar refractivity (Wildman–Crippen MR) is 70.1 cm³/mol. The van der Waals surface area contributed by atoms with Crippen molar-refractivity contribution in [1.82, 2.24) is 5.32 Å². The largest absolute Gasteiger partial charge is 0.396 e.